The second-order valence-corrected chi connectivity index (χ2v) is 5.90. The molecule has 26 heavy (non-hydrogen) atoms. The molecule has 0 amide bonds. The monoisotopic (exact) mass is 382 g/mol. The van der Waals surface area contributed by atoms with Gasteiger partial charge in [0.2, 0.25) is 5.28 Å². The molecule has 0 aliphatic carbocycles. The number of benzene rings is 1. The number of hydrogen-bond donors (Lipinski definition) is 1. The van der Waals surface area contributed by atoms with E-state index in [1.54, 1.807) is 10.6 Å². The van der Waals surface area contributed by atoms with Crippen molar-refractivity contribution in [1.82, 2.24) is 14.5 Å². The number of anilines is 1. The third-order valence-electron chi connectivity index (χ3n) is 3.81. The van der Waals surface area contributed by atoms with Crippen molar-refractivity contribution in [1.29, 1.82) is 0 Å². The summed E-state index contributed by atoms with van der Waals surface area (Å²) in [6.45, 7) is 0.541. The molecule has 9 heteroatoms. The van der Waals surface area contributed by atoms with Crippen LogP contribution in [0.3, 0.4) is 0 Å². The lowest BCUT2D eigenvalue weighted by Gasteiger charge is -2.14. The number of pyridine rings is 1. The minimum Gasteiger partial charge on any atom is -0.369 e. The normalized spacial score (nSPS) is 11.7. The van der Waals surface area contributed by atoms with Crippen LogP contribution in [-0.2, 0) is 12.7 Å². The van der Waals surface area contributed by atoms with Crippen LogP contribution < -0.4 is 10.9 Å². The summed E-state index contributed by atoms with van der Waals surface area (Å²) in [6.07, 6.45) is -3.51. The summed E-state index contributed by atoms with van der Waals surface area (Å²) in [6, 6.07) is 10.6. The van der Waals surface area contributed by atoms with Gasteiger partial charge in [-0.25, -0.2) is 9.97 Å². The maximum absolute atomic E-state index is 13.0. The molecule has 136 valence electrons. The summed E-state index contributed by atoms with van der Waals surface area (Å²) in [5, 5.41) is 3.27. The van der Waals surface area contributed by atoms with E-state index in [2.05, 4.69) is 15.3 Å². The molecule has 0 aliphatic heterocycles. The zero-order valence-corrected chi connectivity index (χ0v) is 14.2. The molecule has 0 atom stereocenters. The predicted octanol–water partition coefficient (Wildman–Crippen LogP) is 3.97. The van der Waals surface area contributed by atoms with Crippen LogP contribution in [0.5, 0.6) is 0 Å². The molecule has 2 heterocycles. The number of aromatic nitrogens is 3. The molecule has 3 aromatic rings. The van der Waals surface area contributed by atoms with Crippen molar-refractivity contribution in [3.05, 3.63) is 63.8 Å². The van der Waals surface area contributed by atoms with Crippen LogP contribution in [0.15, 0.2) is 47.4 Å². The van der Waals surface area contributed by atoms with Gasteiger partial charge in [0.15, 0.2) is 0 Å². The first-order valence-electron chi connectivity index (χ1n) is 7.78. The quantitative estimate of drug-likeness (QED) is 0.536. The lowest BCUT2D eigenvalue weighted by atomic mass is 10.2. The SMILES string of the molecule is O=c1ccc2ccccc2n1CCCNc1nc(Cl)ncc1C(F)(F)F. The fourth-order valence-electron chi connectivity index (χ4n) is 2.62. The number of halogens is 4. The van der Waals surface area contributed by atoms with E-state index in [9.17, 15) is 18.0 Å². The van der Waals surface area contributed by atoms with E-state index in [0.29, 0.717) is 19.2 Å². The molecule has 1 N–H and O–H groups in total. The Morgan fingerprint density at radius 1 is 1.15 bits per heavy atom. The second-order valence-electron chi connectivity index (χ2n) is 5.56. The molecule has 3 rings (SSSR count). The van der Waals surface area contributed by atoms with Gasteiger partial charge in [0.1, 0.15) is 11.4 Å². The maximum Gasteiger partial charge on any atom is 0.421 e. The zero-order valence-electron chi connectivity index (χ0n) is 13.4. The van der Waals surface area contributed by atoms with E-state index >= 15 is 0 Å². The van der Waals surface area contributed by atoms with Gasteiger partial charge >= 0.3 is 6.18 Å². The Bertz CT molecular complexity index is 988. The lowest BCUT2D eigenvalue weighted by Crippen LogP contribution is -2.21. The number of nitrogens with one attached hydrogen (secondary N) is 1. The molecule has 1 aromatic carbocycles. The van der Waals surface area contributed by atoms with E-state index < -0.39 is 11.7 Å². The van der Waals surface area contributed by atoms with Crippen LogP contribution in [-0.4, -0.2) is 21.1 Å². The Kier molecular flexibility index (Phi) is 5.13. The number of para-hydroxylation sites is 1. The van der Waals surface area contributed by atoms with Gasteiger partial charge in [-0.05, 0) is 35.5 Å². The average Bonchev–Trinajstić information content (AvgIpc) is 2.59. The number of aryl methyl sites for hydroxylation is 1. The molecule has 0 unspecified atom stereocenters. The van der Waals surface area contributed by atoms with Crippen molar-refractivity contribution in [2.24, 2.45) is 0 Å². The van der Waals surface area contributed by atoms with Gasteiger partial charge in [0.05, 0.1) is 5.52 Å². The molecule has 5 nitrogen and oxygen atoms in total. The third-order valence-corrected chi connectivity index (χ3v) is 4.00. The predicted molar refractivity (Wildman–Crippen MR) is 93.4 cm³/mol. The van der Waals surface area contributed by atoms with E-state index in [1.807, 2.05) is 24.3 Å². The van der Waals surface area contributed by atoms with Gasteiger partial charge < -0.3 is 9.88 Å². The molecular formula is C17H14ClF3N4O. The van der Waals surface area contributed by atoms with Crippen LogP contribution in [0.2, 0.25) is 5.28 Å². The fourth-order valence-corrected chi connectivity index (χ4v) is 2.75. The highest BCUT2D eigenvalue weighted by atomic mass is 35.5. The van der Waals surface area contributed by atoms with Gasteiger partial charge in [0.25, 0.3) is 5.56 Å². The van der Waals surface area contributed by atoms with E-state index in [1.165, 1.54) is 6.07 Å². The van der Waals surface area contributed by atoms with E-state index in [-0.39, 0.29) is 23.2 Å². The largest absolute Gasteiger partial charge is 0.421 e. The molecule has 0 saturated heterocycles. The molecule has 0 fully saturated rings. The number of rotatable bonds is 5. The number of alkyl halides is 3. The summed E-state index contributed by atoms with van der Waals surface area (Å²) in [4.78, 5) is 19.1. The Labute approximate surface area is 151 Å². The standard InChI is InChI=1S/C17H14ClF3N4O/c18-16-23-10-12(17(19,20)21)15(24-16)22-8-3-9-25-13-5-2-1-4-11(13)6-7-14(25)26/h1-2,4-7,10H,3,8-9H2,(H,22,23,24). The summed E-state index contributed by atoms with van der Waals surface area (Å²) >= 11 is 5.59. The van der Waals surface area contributed by atoms with Gasteiger partial charge in [0, 0.05) is 25.4 Å². The minimum absolute atomic E-state index is 0.162. The van der Waals surface area contributed by atoms with Crippen LogP contribution in [0.4, 0.5) is 19.0 Å². The highest BCUT2D eigenvalue weighted by Gasteiger charge is 2.35. The molecule has 0 bridgehead atoms. The molecule has 0 saturated carbocycles. The van der Waals surface area contributed by atoms with Crippen LogP contribution in [0.25, 0.3) is 10.9 Å². The zero-order chi connectivity index (χ0) is 18.7. The first-order valence-corrected chi connectivity index (χ1v) is 8.16. The molecule has 2 aromatic heterocycles. The van der Waals surface area contributed by atoms with Crippen LogP contribution in [0, 0.1) is 0 Å². The average molecular weight is 383 g/mol. The van der Waals surface area contributed by atoms with Crippen molar-refractivity contribution < 1.29 is 13.2 Å². The van der Waals surface area contributed by atoms with E-state index in [0.717, 1.165) is 10.9 Å². The van der Waals surface area contributed by atoms with Crippen LogP contribution in [0.1, 0.15) is 12.0 Å². The van der Waals surface area contributed by atoms with Crippen molar-refractivity contribution >= 4 is 28.3 Å². The third kappa shape index (κ3) is 3.96. The number of nitrogens with zero attached hydrogens (tertiary/aromatic N) is 3. The molecular weight excluding hydrogens is 369 g/mol. The summed E-state index contributed by atoms with van der Waals surface area (Å²) in [7, 11) is 0. The van der Waals surface area contributed by atoms with Crippen molar-refractivity contribution in [3.63, 3.8) is 0 Å². The summed E-state index contributed by atoms with van der Waals surface area (Å²) < 4.78 is 40.5. The van der Waals surface area contributed by atoms with Gasteiger partial charge in [-0.3, -0.25) is 4.79 Å². The van der Waals surface area contributed by atoms with Gasteiger partial charge in [-0.1, -0.05) is 18.2 Å². The minimum atomic E-state index is -4.58. The highest BCUT2D eigenvalue weighted by molar-refractivity contribution is 6.28. The van der Waals surface area contributed by atoms with Crippen molar-refractivity contribution in [2.75, 3.05) is 11.9 Å². The van der Waals surface area contributed by atoms with Crippen molar-refractivity contribution in [2.45, 2.75) is 19.1 Å². The molecule has 0 aliphatic rings. The summed E-state index contributed by atoms with van der Waals surface area (Å²) in [5.41, 5.74) is -0.366. The molecule has 0 spiro atoms. The fraction of sp³-hybridized carbons (Fsp3) is 0.235. The number of hydrogen-bond acceptors (Lipinski definition) is 4. The topological polar surface area (TPSA) is 59.8 Å². The number of fused-ring (bicyclic) bond motifs is 1. The molecule has 0 radical (unpaired) electrons. The van der Waals surface area contributed by atoms with Gasteiger partial charge in [-0.15, -0.1) is 0 Å². The Balaban J connectivity index is 1.72. The highest BCUT2D eigenvalue weighted by Crippen LogP contribution is 2.33. The maximum atomic E-state index is 13.0. The summed E-state index contributed by atoms with van der Waals surface area (Å²) in [5.74, 6) is -0.372. The smallest absolute Gasteiger partial charge is 0.369 e. The second kappa shape index (κ2) is 7.33. The van der Waals surface area contributed by atoms with E-state index in [4.69, 9.17) is 11.6 Å². The first kappa shape index (κ1) is 18.2. The Hall–Kier alpha value is -2.61. The first-order chi connectivity index (χ1) is 12.4. The van der Waals surface area contributed by atoms with Gasteiger partial charge in [-0.2, -0.15) is 13.2 Å². The van der Waals surface area contributed by atoms with Crippen LogP contribution >= 0.6 is 11.6 Å². The van der Waals surface area contributed by atoms with Crippen molar-refractivity contribution in [3.8, 4) is 0 Å². The lowest BCUT2D eigenvalue weighted by molar-refractivity contribution is -0.137. The Morgan fingerprint density at radius 2 is 1.92 bits per heavy atom. The Morgan fingerprint density at radius 3 is 2.69 bits per heavy atom.